The molecule has 0 saturated carbocycles. The van der Waals surface area contributed by atoms with Gasteiger partial charge in [0, 0.05) is 29.6 Å². The van der Waals surface area contributed by atoms with E-state index in [1.165, 1.54) is 0 Å². The third kappa shape index (κ3) is 4.09. The topological polar surface area (TPSA) is 115 Å². The number of urea groups is 1. The number of aromatic nitrogens is 3. The first-order valence-electron chi connectivity index (χ1n) is 10.5. The van der Waals surface area contributed by atoms with Gasteiger partial charge in [0.25, 0.3) is 0 Å². The number of anilines is 2. The minimum Gasteiger partial charge on any atom is -0.370 e. The second-order valence-corrected chi connectivity index (χ2v) is 9.54. The molecule has 2 amide bonds. The van der Waals surface area contributed by atoms with Crippen LogP contribution in [0.5, 0.6) is 0 Å². The Morgan fingerprint density at radius 1 is 1.25 bits per heavy atom. The molecule has 1 aliphatic rings. The summed E-state index contributed by atoms with van der Waals surface area (Å²) in [6, 6.07) is 9.23. The number of amides is 2. The van der Waals surface area contributed by atoms with Crippen molar-refractivity contribution < 1.29 is 9.53 Å². The van der Waals surface area contributed by atoms with Crippen LogP contribution in [0, 0.1) is 0 Å². The third-order valence-electron chi connectivity index (χ3n) is 5.55. The third-order valence-corrected chi connectivity index (χ3v) is 6.65. The van der Waals surface area contributed by atoms with Crippen LogP contribution in [-0.2, 0) is 24.2 Å². The van der Waals surface area contributed by atoms with Crippen LogP contribution in [0.1, 0.15) is 30.7 Å². The van der Waals surface area contributed by atoms with Gasteiger partial charge in [-0.2, -0.15) is 0 Å². The first kappa shape index (κ1) is 20.6. The lowest BCUT2D eigenvalue weighted by Gasteiger charge is -2.30. The van der Waals surface area contributed by atoms with E-state index >= 15 is 0 Å². The standard InChI is InChI=1S/C23H24N6O2S/c1-23(2)10-17-14(11-31-23)9-16-18-19(32-21(16)29-17)20(27-12-26-18)25-8-7-13-3-5-15(6-4-13)28-22(24)30/h3-6,9,12H,7-8,10-11H2,1-2H3,(H3,24,28,30)(H,25,26,27). The summed E-state index contributed by atoms with van der Waals surface area (Å²) in [7, 11) is 0. The number of thiophene rings is 1. The molecule has 0 unspecified atom stereocenters. The fourth-order valence-corrected chi connectivity index (χ4v) is 5.03. The van der Waals surface area contributed by atoms with Crippen LogP contribution >= 0.6 is 11.3 Å². The lowest BCUT2D eigenvalue weighted by molar-refractivity contribution is -0.0411. The Balaban J connectivity index is 1.36. The molecule has 0 spiro atoms. The number of carbonyl (C=O) groups excluding carboxylic acids is 1. The van der Waals surface area contributed by atoms with Crippen molar-refractivity contribution in [3.8, 4) is 0 Å². The molecule has 0 fully saturated rings. The predicted octanol–water partition coefficient (Wildman–Crippen LogP) is 4.24. The molecule has 9 heteroatoms. The summed E-state index contributed by atoms with van der Waals surface area (Å²) in [4.78, 5) is 25.9. The molecule has 0 radical (unpaired) electrons. The van der Waals surface area contributed by atoms with Crippen LogP contribution in [0.25, 0.3) is 20.4 Å². The smallest absolute Gasteiger partial charge is 0.316 e. The Bertz CT molecular complexity index is 1320. The Morgan fingerprint density at radius 3 is 2.84 bits per heavy atom. The van der Waals surface area contributed by atoms with Gasteiger partial charge in [0.2, 0.25) is 0 Å². The van der Waals surface area contributed by atoms with E-state index < -0.39 is 6.03 Å². The summed E-state index contributed by atoms with van der Waals surface area (Å²) in [6.45, 7) is 5.49. The van der Waals surface area contributed by atoms with E-state index in [0.29, 0.717) is 12.3 Å². The van der Waals surface area contributed by atoms with Gasteiger partial charge >= 0.3 is 6.03 Å². The fraction of sp³-hybridized carbons (Fsp3) is 0.304. The van der Waals surface area contributed by atoms with E-state index in [-0.39, 0.29) is 5.60 Å². The number of hydrogen-bond acceptors (Lipinski definition) is 7. The van der Waals surface area contributed by atoms with Crippen molar-refractivity contribution >= 4 is 49.3 Å². The van der Waals surface area contributed by atoms with Crippen LogP contribution in [0.2, 0.25) is 0 Å². The molecular formula is C23H24N6O2S. The molecule has 0 atom stereocenters. The molecule has 32 heavy (non-hydrogen) atoms. The molecule has 4 heterocycles. The van der Waals surface area contributed by atoms with Crippen LogP contribution in [-0.4, -0.2) is 33.1 Å². The number of nitrogens with two attached hydrogens (primary N) is 1. The van der Waals surface area contributed by atoms with Crippen molar-refractivity contribution in [2.75, 3.05) is 17.2 Å². The molecule has 3 aromatic heterocycles. The van der Waals surface area contributed by atoms with Gasteiger partial charge in [-0.3, -0.25) is 0 Å². The summed E-state index contributed by atoms with van der Waals surface area (Å²) >= 11 is 1.62. The molecule has 1 aliphatic heterocycles. The van der Waals surface area contributed by atoms with Gasteiger partial charge in [0.05, 0.1) is 28.1 Å². The number of benzene rings is 1. The van der Waals surface area contributed by atoms with E-state index in [1.54, 1.807) is 17.7 Å². The van der Waals surface area contributed by atoms with Crippen LogP contribution in [0.4, 0.5) is 16.3 Å². The molecule has 0 aliphatic carbocycles. The number of ether oxygens (including phenoxy) is 1. The first-order chi connectivity index (χ1) is 15.4. The van der Waals surface area contributed by atoms with Crippen molar-refractivity contribution in [1.29, 1.82) is 0 Å². The number of fused-ring (bicyclic) bond motifs is 4. The normalized spacial score (nSPS) is 14.9. The molecular weight excluding hydrogens is 424 g/mol. The number of rotatable bonds is 5. The number of hydrogen-bond donors (Lipinski definition) is 3. The highest BCUT2D eigenvalue weighted by molar-refractivity contribution is 7.25. The maximum atomic E-state index is 10.9. The zero-order valence-corrected chi connectivity index (χ0v) is 18.8. The van der Waals surface area contributed by atoms with Gasteiger partial charge in [-0.05, 0) is 44.0 Å². The molecule has 8 nitrogen and oxygen atoms in total. The summed E-state index contributed by atoms with van der Waals surface area (Å²) in [6.07, 6.45) is 3.21. The van der Waals surface area contributed by atoms with E-state index in [4.69, 9.17) is 15.5 Å². The van der Waals surface area contributed by atoms with Crippen molar-refractivity contribution in [3.05, 3.63) is 53.5 Å². The van der Waals surface area contributed by atoms with Crippen LogP contribution in [0.3, 0.4) is 0 Å². The Morgan fingerprint density at radius 2 is 2.06 bits per heavy atom. The summed E-state index contributed by atoms with van der Waals surface area (Å²) < 4.78 is 6.98. The number of carbonyl (C=O) groups is 1. The minimum atomic E-state index is -0.567. The first-order valence-corrected chi connectivity index (χ1v) is 11.3. The maximum absolute atomic E-state index is 10.9. The average Bonchev–Trinajstić information content (AvgIpc) is 3.11. The van der Waals surface area contributed by atoms with Crippen molar-refractivity contribution in [2.45, 2.75) is 38.9 Å². The summed E-state index contributed by atoms with van der Waals surface area (Å²) in [5.41, 5.74) is 9.95. The van der Waals surface area contributed by atoms with Crippen LogP contribution < -0.4 is 16.4 Å². The van der Waals surface area contributed by atoms with Crippen molar-refractivity contribution in [3.63, 3.8) is 0 Å². The Kier molecular flexibility index (Phi) is 5.15. The fourth-order valence-electron chi connectivity index (χ4n) is 3.93. The molecule has 1 aromatic carbocycles. The largest absolute Gasteiger partial charge is 0.370 e. The van der Waals surface area contributed by atoms with Gasteiger partial charge < -0.3 is 21.1 Å². The predicted molar refractivity (Wildman–Crippen MR) is 127 cm³/mol. The van der Waals surface area contributed by atoms with Gasteiger partial charge in [-0.1, -0.05) is 12.1 Å². The van der Waals surface area contributed by atoms with Gasteiger partial charge in [0.1, 0.15) is 17.0 Å². The van der Waals surface area contributed by atoms with Crippen molar-refractivity contribution in [2.24, 2.45) is 5.73 Å². The van der Waals surface area contributed by atoms with E-state index in [1.807, 2.05) is 24.3 Å². The highest BCUT2D eigenvalue weighted by Crippen LogP contribution is 2.37. The van der Waals surface area contributed by atoms with Crippen LogP contribution in [0.15, 0.2) is 36.7 Å². The second-order valence-electron chi connectivity index (χ2n) is 8.54. The van der Waals surface area contributed by atoms with E-state index in [9.17, 15) is 4.79 Å². The number of primary amides is 1. The van der Waals surface area contributed by atoms with Gasteiger partial charge in [0.15, 0.2) is 0 Å². The number of nitrogens with zero attached hydrogens (tertiary/aromatic N) is 3. The number of nitrogens with one attached hydrogen (secondary N) is 2. The quantitative estimate of drug-likeness (QED) is 0.421. The zero-order valence-electron chi connectivity index (χ0n) is 17.9. The molecule has 0 saturated heterocycles. The Hall–Kier alpha value is -3.30. The molecule has 164 valence electrons. The lowest BCUT2D eigenvalue weighted by Crippen LogP contribution is -2.32. The lowest BCUT2D eigenvalue weighted by atomic mass is 9.95. The Labute approximate surface area is 189 Å². The average molecular weight is 449 g/mol. The SMILES string of the molecule is CC1(C)Cc2nc3sc4c(NCCc5ccc(NC(N)=O)cc5)ncnc4c3cc2CO1. The highest BCUT2D eigenvalue weighted by atomic mass is 32.1. The monoisotopic (exact) mass is 448 g/mol. The zero-order chi connectivity index (χ0) is 22.3. The second kappa shape index (κ2) is 7.99. The molecule has 4 N–H and O–H groups in total. The van der Waals surface area contributed by atoms with E-state index in [2.05, 4.69) is 40.5 Å². The van der Waals surface area contributed by atoms with Gasteiger partial charge in [-0.15, -0.1) is 11.3 Å². The number of pyridine rings is 1. The molecule has 0 bridgehead atoms. The summed E-state index contributed by atoms with van der Waals surface area (Å²) in [5.74, 6) is 0.819. The van der Waals surface area contributed by atoms with Gasteiger partial charge in [-0.25, -0.2) is 19.7 Å². The minimum absolute atomic E-state index is 0.189. The van der Waals surface area contributed by atoms with E-state index in [0.717, 1.165) is 62.5 Å². The molecule has 4 aromatic rings. The molecule has 5 rings (SSSR count). The maximum Gasteiger partial charge on any atom is 0.316 e. The van der Waals surface area contributed by atoms with Crippen molar-refractivity contribution in [1.82, 2.24) is 15.0 Å². The summed E-state index contributed by atoms with van der Waals surface area (Å²) in [5, 5.41) is 7.06. The highest BCUT2D eigenvalue weighted by Gasteiger charge is 2.28.